The third-order valence-corrected chi connectivity index (χ3v) is 4.61. The molecule has 5 atom stereocenters. The Labute approximate surface area is 157 Å². The second kappa shape index (κ2) is 6.77. The first-order chi connectivity index (χ1) is 13.3. The number of alkyl halides is 1. The molecule has 1 saturated carbocycles. The minimum atomic E-state index is -2.22. The third-order valence-electron chi connectivity index (χ3n) is 4.61. The summed E-state index contributed by atoms with van der Waals surface area (Å²) in [7, 11) is 0. The predicted octanol–water partition coefficient (Wildman–Crippen LogP) is 0.726. The number of carbonyl (C=O) groups is 2. The summed E-state index contributed by atoms with van der Waals surface area (Å²) in [4.78, 5) is 41.8. The number of halogens is 1. The first-order valence-electron chi connectivity index (χ1n) is 8.41. The highest BCUT2D eigenvalue weighted by molar-refractivity contribution is 5.73. The molecule has 2 fully saturated rings. The van der Waals surface area contributed by atoms with Gasteiger partial charge in [-0.2, -0.15) is 4.98 Å². The minimum Gasteiger partial charge on any atom is -0.454 e. The molecule has 3 rings (SSSR count). The molecule has 150 valence electrons. The van der Waals surface area contributed by atoms with E-state index in [-0.39, 0.29) is 18.7 Å². The molecule has 0 aromatic carbocycles. The molecule has 0 bridgehead atoms. The Morgan fingerprint density at radius 3 is 2.71 bits per heavy atom. The lowest BCUT2D eigenvalue weighted by Crippen LogP contribution is -2.41. The summed E-state index contributed by atoms with van der Waals surface area (Å²) in [6.45, 7) is 2.97. The van der Waals surface area contributed by atoms with Gasteiger partial charge in [0.25, 0.3) is 0 Å². The number of fused-ring (bicyclic) bond motifs is 1. The number of ether oxygens (including phenoxy) is 3. The molecular weight excluding hydrogens is 379 g/mol. The van der Waals surface area contributed by atoms with E-state index in [1.165, 1.54) is 19.9 Å². The number of nitrogens with zero attached hydrogens (tertiary/aromatic N) is 5. The zero-order chi connectivity index (χ0) is 20.7. The van der Waals surface area contributed by atoms with Crippen LogP contribution < -0.4 is 11.4 Å². The summed E-state index contributed by atoms with van der Waals surface area (Å²) in [5.74, 6) is -1.66. The van der Waals surface area contributed by atoms with Crippen molar-refractivity contribution in [3.8, 4) is 0 Å². The molecule has 1 aliphatic heterocycles. The van der Waals surface area contributed by atoms with E-state index in [0.29, 0.717) is 0 Å². The van der Waals surface area contributed by atoms with Crippen molar-refractivity contribution in [2.75, 3.05) is 5.73 Å². The van der Waals surface area contributed by atoms with Gasteiger partial charge in [-0.05, 0) is 11.6 Å². The molecule has 1 aromatic rings. The van der Waals surface area contributed by atoms with E-state index in [2.05, 4.69) is 15.0 Å². The molecule has 12 nitrogen and oxygen atoms in total. The second-order valence-electron chi connectivity index (χ2n) is 6.18. The number of carbonyl (C=O) groups excluding carboxylic acids is 2. The minimum absolute atomic E-state index is 0.0532. The molecule has 1 saturated heterocycles. The Morgan fingerprint density at radius 1 is 1.46 bits per heavy atom. The molecule has 0 radical (unpaired) electrons. The number of hydrogen-bond acceptors (Lipinski definition) is 9. The average Bonchev–Trinajstić information content (AvgIpc) is 3.08. The van der Waals surface area contributed by atoms with Crippen LogP contribution in [0.4, 0.5) is 10.2 Å². The monoisotopic (exact) mass is 396 g/mol. The van der Waals surface area contributed by atoms with E-state index in [1.54, 1.807) is 0 Å². The molecule has 28 heavy (non-hydrogen) atoms. The molecule has 0 spiro atoms. The standard InChI is InChI=1S/C15H17FN6O6/c1-3-8(23)26-12-14(27-9(24)4-2)10(16)11(28-15(12,14)20-21-18)22-6-5-7(17)19-13(22)25/h5-6,10-12H,3-4H2,1-2H3,(H2,17,19,25)/t10-,11+,12?,14+,15?/m0/s1. The highest BCUT2D eigenvalue weighted by atomic mass is 19.1. The van der Waals surface area contributed by atoms with Gasteiger partial charge in [-0.25, -0.2) is 9.18 Å². The van der Waals surface area contributed by atoms with Crippen LogP contribution in [0.25, 0.3) is 10.4 Å². The summed E-state index contributed by atoms with van der Waals surface area (Å²) in [6.07, 6.45) is -4.38. The Morgan fingerprint density at radius 2 is 2.14 bits per heavy atom. The van der Waals surface area contributed by atoms with Gasteiger partial charge in [-0.15, -0.1) is 0 Å². The fraction of sp³-hybridized carbons (Fsp3) is 0.600. The van der Waals surface area contributed by atoms with Gasteiger partial charge in [0.2, 0.25) is 11.3 Å². The van der Waals surface area contributed by atoms with Crippen LogP contribution in [0.1, 0.15) is 32.9 Å². The topological polar surface area (TPSA) is 171 Å². The molecule has 0 amide bonds. The van der Waals surface area contributed by atoms with Gasteiger partial charge < -0.3 is 19.9 Å². The Kier molecular flexibility index (Phi) is 4.73. The van der Waals surface area contributed by atoms with Gasteiger partial charge >= 0.3 is 17.6 Å². The summed E-state index contributed by atoms with van der Waals surface area (Å²) >= 11 is 0. The van der Waals surface area contributed by atoms with Crippen molar-refractivity contribution < 1.29 is 28.2 Å². The summed E-state index contributed by atoms with van der Waals surface area (Å²) < 4.78 is 32.2. The number of nitrogens with two attached hydrogens (primary N) is 1. The molecule has 1 aliphatic carbocycles. The van der Waals surface area contributed by atoms with Crippen LogP contribution in [0, 0.1) is 0 Å². The van der Waals surface area contributed by atoms with Gasteiger partial charge in [0.15, 0.2) is 18.5 Å². The third kappa shape index (κ3) is 2.59. The van der Waals surface area contributed by atoms with E-state index < -0.39 is 47.5 Å². The van der Waals surface area contributed by atoms with Gasteiger partial charge in [0.1, 0.15) is 5.82 Å². The van der Waals surface area contributed by atoms with Crippen LogP contribution in [-0.2, 0) is 23.8 Å². The molecule has 2 heterocycles. The Balaban J connectivity index is 2.07. The van der Waals surface area contributed by atoms with Gasteiger partial charge in [0.05, 0.1) is 0 Å². The maximum absolute atomic E-state index is 15.5. The number of aromatic nitrogens is 2. The molecular formula is C15H17FN6O6. The number of esters is 2. The summed E-state index contributed by atoms with van der Waals surface area (Å²) in [5.41, 5.74) is 9.07. The number of azide groups is 1. The normalized spacial score (nSPS) is 32.8. The van der Waals surface area contributed by atoms with Crippen molar-refractivity contribution in [1.29, 1.82) is 0 Å². The fourth-order valence-electron chi connectivity index (χ4n) is 3.21. The largest absolute Gasteiger partial charge is 0.454 e. The molecule has 13 heteroatoms. The molecule has 2 N–H and O–H groups in total. The molecule has 2 unspecified atom stereocenters. The lowest BCUT2D eigenvalue weighted by Gasteiger charge is -2.24. The molecule has 2 aliphatic rings. The Hall–Kier alpha value is -3.18. The maximum Gasteiger partial charge on any atom is 0.351 e. The van der Waals surface area contributed by atoms with Crippen molar-refractivity contribution in [2.24, 2.45) is 5.11 Å². The first-order valence-corrected chi connectivity index (χ1v) is 8.41. The van der Waals surface area contributed by atoms with Crippen molar-refractivity contribution >= 4 is 17.8 Å². The van der Waals surface area contributed by atoms with Crippen LogP contribution in [0.15, 0.2) is 22.2 Å². The van der Waals surface area contributed by atoms with Gasteiger partial charge in [-0.1, -0.05) is 19.0 Å². The number of rotatable bonds is 6. The Bertz CT molecular complexity index is 932. The molecule has 1 aromatic heterocycles. The van der Waals surface area contributed by atoms with Crippen LogP contribution in [0.5, 0.6) is 0 Å². The second-order valence-corrected chi connectivity index (χ2v) is 6.18. The quantitative estimate of drug-likeness (QED) is 0.317. The van der Waals surface area contributed by atoms with E-state index >= 15 is 4.39 Å². The number of hydrogen-bond donors (Lipinski definition) is 1. The van der Waals surface area contributed by atoms with Gasteiger partial charge in [-0.3, -0.25) is 14.2 Å². The average molecular weight is 396 g/mol. The summed E-state index contributed by atoms with van der Waals surface area (Å²) in [6, 6.07) is 1.24. The highest BCUT2D eigenvalue weighted by Crippen LogP contribution is 2.68. The van der Waals surface area contributed by atoms with Crippen molar-refractivity contribution in [2.45, 2.75) is 56.5 Å². The lowest BCUT2D eigenvalue weighted by molar-refractivity contribution is -0.167. The van der Waals surface area contributed by atoms with Crippen LogP contribution in [0.2, 0.25) is 0 Å². The predicted molar refractivity (Wildman–Crippen MR) is 89.1 cm³/mol. The van der Waals surface area contributed by atoms with Crippen molar-refractivity contribution in [3.05, 3.63) is 33.2 Å². The van der Waals surface area contributed by atoms with E-state index in [9.17, 15) is 14.4 Å². The first kappa shape index (κ1) is 19.6. The van der Waals surface area contributed by atoms with Crippen molar-refractivity contribution in [3.63, 3.8) is 0 Å². The van der Waals surface area contributed by atoms with Gasteiger partial charge in [0, 0.05) is 24.0 Å². The smallest absolute Gasteiger partial charge is 0.351 e. The fourth-order valence-corrected chi connectivity index (χ4v) is 3.21. The summed E-state index contributed by atoms with van der Waals surface area (Å²) in [5, 5.41) is 3.43. The number of nitrogen functional groups attached to an aromatic ring is 1. The highest BCUT2D eigenvalue weighted by Gasteiger charge is 2.94. The number of anilines is 1. The van der Waals surface area contributed by atoms with Crippen LogP contribution in [0.3, 0.4) is 0 Å². The van der Waals surface area contributed by atoms with E-state index in [4.69, 9.17) is 25.5 Å². The van der Waals surface area contributed by atoms with E-state index in [1.807, 2.05) is 0 Å². The van der Waals surface area contributed by atoms with Crippen LogP contribution in [-0.4, -0.2) is 45.1 Å². The zero-order valence-corrected chi connectivity index (χ0v) is 14.9. The van der Waals surface area contributed by atoms with Crippen LogP contribution >= 0.6 is 0 Å². The lowest BCUT2D eigenvalue weighted by atomic mass is 10.1. The maximum atomic E-state index is 15.5. The van der Waals surface area contributed by atoms with Crippen molar-refractivity contribution in [1.82, 2.24) is 9.55 Å². The van der Waals surface area contributed by atoms with E-state index in [0.717, 1.165) is 10.8 Å². The zero-order valence-electron chi connectivity index (χ0n) is 14.9. The SMILES string of the molecule is CCC(=O)OC1C2(N=[N+]=[N-])O[C@@H](n3ccc(N)nc3=O)[C@H](F)[C@@]12OC(=O)CC.